The number of halogens is 2. The maximum absolute atomic E-state index is 14.4. The molecule has 228 valence electrons. The Bertz CT molecular complexity index is 1740. The normalized spacial score (nSPS) is 15.2. The topological polar surface area (TPSA) is 60.4 Å². The molecule has 1 atom stereocenters. The maximum Gasteiger partial charge on any atom is 0.271 e. The average molecular weight is 630 g/mol. The highest BCUT2D eigenvalue weighted by Gasteiger charge is 2.33. The number of likely N-dealkylation sites (N-methyl/N-ethyl adjacent to an activating group) is 1. The lowest BCUT2D eigenvalue weighted by Gasteiger charge is -2.25. The van der Waals surface area contributed by atoms with Gasteiger partial charge in [-0.15, -0.1) is 0 Å². The lowest BCUT2D eigenvalue weighted by atomic mass is 9.98. The minimum Gasteiger partial charge on any atom is -0.350 e. The molecule has 44 heavy (non-hydrogen) atoms. The molecule has 1 fully saturated rings. The summed E-state index contributed by atoms with van der Waals surface area (Å²) in [5.41, 5.74) is 6.18. The number of carbonyl (C=O) groups excluding carboxylic acids is 1. The molecule has 2 aromatic heterocycles. The minimum atomic E-state index is -0.00484. The third kappa shape index (κ3) is 6.42. The number of benzene rings is 3. The van der Waals surface area contributed by atoms with Crippen LogP contribution in [-0.2, 0) is 6.54 Å². The summed E-state index contributed by atoms with van der Waals surface area (Å²) < 4.78 is 1.99. The Hall–Kier alpha value is -3.62. The summed E-state index contributed by atoms with van der Waals surface area (Å²) in [5, 5.41) is 7.11. The van der Waals surface area contributed by atoms with Gasteiger partial charge in [-0.2, -0.15) is 5.10 Å². The number of hydrogen-bond acceptors (Lipinski definition) is 4. The van der Waals surface area contributed by atoms with E-state index in [2.05, 4.69) is 48.1 Å². The molecule has 6 rings (SSSR count). The Labute approximate surface area is 269 Å². The number of likely N-dealkylation sites (tertiary alicyclic amines) is 1. The molecule has 1 amide bonds. The van der Waals surface area contributed by atoms with Gasteiger partial charge in [0.05, 0.1) is 18.4 Å². The van der Waals surface area contributed by atoms with E-state index in [1.807, 2.05) is 76.4 Å². The SMILES string of the molecule is CN(C)CCCN(C)[C@H]1CCN(C(=O)c2[nH]c3cc(Cl)ccc3c2-c2c(-c3ccccc3)cnn2Cc2ccc(Cl)cc2)C1. The van der Waals surface area contributed by atoms with Crippen molar-refractivity contribution in [3.63, 3.8) is 0 Å². The number of H-pyrrole nitrogens is 1. The Morgan fingerprint density at radius 3 is 2.48 bits per heavy atom. The van der Waals surface area contributed by atoms with E-state index in [0.29, 0.717) is 41.4 Å². The molecule has 3 heterocycles. The van der Waals surface area contributed by atoms with Gasteiger partial charge in [0.15, 0.2) is 0 Å². The number of nitrogens with one attached hydrogen (secondary N) is 1. The first-order valence-corrected chi connectivity index (χ1v) is 15.9. The van der Waals surface area contributed by atoms with E-state index in [1.165, 1.54) is 0 Å². The largest absolute Gasteiger partial charge is 0.350 e. The molecular formula is C35H38Cl2N6O. The van der Waals surface area contributed by atoms with E-state index in [9.17, 15) is 4.79 Å². The molecular weight excluding hydrogens is 591 g/mol. The third-order valence-electron chi connectivity index (χ3n) is 8.57. The van der Waals surface area contributed by atoms with E-state index in [0.717, 1.165) is 64.8 Å². The van der Waals surface area contributed by atoms with Crippen LogP contribution in [0.25, 0.3) is 33.3 Å². The number of amides is 1. The van der Waals surface area contributed by atoms with Crippen molar-refractivity contribution in [2.75, 3.05) is 47.3 Å². The number of carbonyl (C=O) groups is 1. The van der Waals surface area contributed by atoms with Crippen LogP contribution in [0.1, 0.15) is 28.9 Å². The zero-order chi connectivity index (χ0) is 30.8. The Balaban J connectivity index is 1.42. The summed E-state index contributed by atoms with van der Waals surface area (Å²) in [6, 6.07) is 24.1. The second-order valence-corrected chi connectivity index (χ2v) is 12.8. The molecule has 5 aromatic rings. The number of fused-ring (bicyclic) bond motifs is 1. The second-order valence-electron chi connectivity index (χ2n) is 12.0. The lowest BCUT2D eigenvalue weighted by Crippen LogP contribution is -2.37. The van der Waals surface area contributed by atoms with E-state index in [-0.39, 0.29) is 5.91 Å². The molecule has 0 unspecified atom stereocenters. The van der Waals surface area contributed by atoms with Gasteiger partial charge in [-0.05, 0) is 82.5 Å². The average Bonchev–Trinajstić information content (AvgIpc) is 3.75. The van der Waals surface area contributed by atoms with Crippen molar-refractivity contribution in [3.05, 3.63) is 100 Å². The van der Waals surface area contributed by atoms with Gasteiger partial charge < -0.3 is 19.7 Å². The molecule has 1 N–H and O–H groups in total. The van der Waals surface area contributed by atoms with Crippen LogP contribution < -0.4 is 0 Å². The second kappa shape index (κ2) is 13.2. The fourth-order valence-corrected chi connectivity index (χ4v) is 6.50. The molecule has 0 aliphatic carbocycles. The van der Waals surface area contributed by atoms with E-state index in [4.69, 9.17) is 28.3 Å². The van der Waals surface area contributed by atoms with Crippen LogP contribution in [-0.4, -0.2) is 88.7 Å². The summed E-state index contributed by atoms with van der Waals surface area (Å²) in [5.74, 6) is -0.00484. The molecule has 0 spiro atoms. The highest BCUT2D eigenvalue weighted by atomic mass is 35.5. The van der Waals surface area contributed by atoms with Crippen molar-refractivity contribution in [1.29, 1.82) is 0 Å². The Morgan fingerprint density at radius 1 is 0.977 bits per heavy atom. The van der Waals surface area contributed by atoms with Crippen LogP contribution in [0.4, 0.5) is 0 Å². The number of aromatic nitrogens is 3. The number of rotatable bonds is 10. The van der Waals surface area contributed by atoms with Crippen LogP contribution in [0.5, 0.6) is 0 Å². The number of aromatic amines is 1. The van der Waals surface area contributed by atoms with Crippen LogP contribution >= 0.6 is 23.2 Å². The Morgan fingerprint density at radius 2 is 1.73 bits per heavy atom. The third-order valence-corrected chi connectivity index (χ3v) is 9.06. The fourth-order valence-electron chi connectivity index (χ4n) is 6.20. The van der Waals surface area contributed by atoms with Gasteiger partial charge in [0.1, 0.15) is 5.69 Å². The summed E-state index contributed by atoms with van der Waals surface area (Å²) >= 11 is 12.6. The molecule has 0 bridgehead atoms. The molecule has 0 radical (unpaired) electrons. The van der Waals surface area contributed by atoms with Crippen LogP contribution in [0.3, 0.4) is 0 Å². The predicted molar refractivity (Wildman–Crippen MR) is 181 cm³/mol. The zero-order valence-corrected chi connectivity index (χ0v) is 26.9. The molecule has 1 aliphatic heterocycles. The predicted octanol–water partition coefficient (Wildman–Crippen LogP) is 7.15. The molecule has 1 aliphatic rings. The van der Waals surface area contributed by atoms with Crippen molar-refractivity contribution in [2.24, 2.45) is 0 Å². The summed E-state index contributed by atoms with van der Waals surface area (Å²) in [7, 11) is 6.38. The first kappa shape index (κ1) is 30.4. The monoisotopic (exact) mass is 628 g/mol. The van der Waals surface area contributed by atoms with Crippen LogP contribution in [0.15, 0.2) is 79.0 Å². The van der Waals surface area contributed by atoms with Gasteiger partial charge >= 0.3 is 0 Å². The lowest BCUT2D eigenvalue weighted by molar-refractivity contribution is 0.0776. The van der Waals surface area contributed by atoms with E-state index < -0.39 is 0 Å². The van der Waals surface area contributed by atoms with Crippen LogP contribution in [0, 0.1) is 0 Å². The summed E-state index contributed by atoms with van der Waals surface area (Å²) in [6.07, 6.45) is 3.95. The van der Waals surface area contributed by atoms with Crippen LogP contribution in [0.2, 0.25) is 10.0 Å². The maximum atomic E-state index is 14.4. The quantitative estimate of drug-likeness (QED) is 0.178. The number of hydrogen-bond donors (Lipinski definition) is 1. The van der Waals surface area contributed by atoms with Crippen molar-refractivity contribution >= 4 is 40.0 Å². The van der Waals surface area contributed by atoms with E-state index in [1.54, 1.807) is 0 Å². The smallest absolute Gasteiger partial charge is 0.271 e. The molecule has 9 heteroatoms. The van der Waals surface area contributed by atoms with Gasteiger partial charge in [0, 0.05) is 51.2 Å². The summed E-state index contributed by atoms with van der Waals surface area (Å²) in [4.78, 5) is 24.5. The van der Waals surface area contributed by atoms with Gasteiger partial charge in [0.2, 0.25) is 0 Å². The van der Waals surface area contributed by atoms with Gasteiger partial charge in [0.25, 0.3) is 5.91 Å². The van der Waals surface area contributed by atoms with Gasteiger partial charge in [-0.1, -0.05) is 71.7 Å². The first-order chi connectivity index (χ1) is 21.3. The Kier molecular flexibility index (Phi) is 9.10. The highest BCUT2D eigenvalue weighted by Crippen LogP contribution is 2.40. The standard InChI is InChI=1S/C35H38Cl2N6O/c1-40(2)17-7-18-41(3)28-16-19-42(23-28)35(44)33-32(29-15-14-27(37)20-31(29)39-33)34-30(25-8-5-4-6-9-25)21-38-43(34)22-24-10-12-26(36)13-11-24/h4-6,8-15,20-21,28,39H,7,16-19,22-23H2,1-3H3/t28-/m0/s1. The summed E-state index contributed by atoms with van der Waals surface area (Å²) in [6.45, 7) is 3.99. The van der Waals surface area contributed by atoms with Crippen molar-refractivity contribution in [1.82, 2.24) is 29.5 Å². The molecule has 3 aromatic carbocycles. The minimum absolute atomic E-state index is 0.00484. The first-order valence-electron chi connectivity index (χ1n) is 15.1. The molecule has 0 saturated carbocycles. The van der Waals surface area contributed by atoms with Gasteiger partial charge in [-0.3, -0.25) is 9.48 Å². The molecule has 1 saturated heterocycles. The van der Waals surface area contributed by atoms with E-state index >= 15 is 0 Å². The van der Waals surface area contributed by atoms with Crippen molar-refractivity contribution < 1.29 is 4.79 Å². The van der Waals surface area contributed by atoms with Crippen molar-refractivity contribution in [3.8, 4) is 22.4 Å². The zero-order valence-electron chi connectivity index (χ0n) is 25.4. The van der Waals surface area contributed by atoms with Crippen molar-refractivity contribution in [2.45, 2.75) is 25.4 Å². The number of nitrogens with zero attached hydrogens (tertiary/aromatic N) is 5. The fraction of sp³-hybridized carbons (Fsp3) is 0.314. The highest BCUT2D eigenvalue weighted by molar-refractivity contribution is 6.31. The molecule has 7 nitrogen and oxygen atoms in total. The van der Waals surface area contributed by atoms with Gasteiger partial charge in [-0.25, -0.2) is 0 Å².